The van der Waals surface area contributed by atoms with Crippen molar-refractivity contribution in [3.63, 3.8) is 0 Å². The van der Waals surface area contributed by atoms with Crippen LogP contribution < -0.4 is 15.4 Å². The van der Waals surface area contributed by atoms with Crippen LogP contribution in [0.15, 0.2) is 24.3 Å². The summed E-state index contributed by atoms with van der Waals surface area (Å²) in [7, 11) is 1.70. The molecule has 1 aromatic carbocycles. The van der Waals surface area contributed by atoms with E-state index in [4.69, 9.17) is 0 Å². The Labute approximate surface area is 145 Å². The van der Waals surface area contributed by atoms with Gasteiger partial charge in [-0.2, -0.15) is 8.78 Å². The highest BCUT2D eigenvalue weighted by molar-refractivity contribution is 5.95. The lowest BCUT2D eigenvalue weighted by molar-refractivity contribution is -0.121. The summed E-state index contributed by atoms with van der Waals surface area (Å²) in [6.07, 6.45) is 4.07. The number of imide groups is 1. The Bertz CT molecular complexity index is 592. The molecule has 1 aliphatic rings. The van der Waals surface area contributed by atoms with Gasteiger partial charge in [-0.25, -0.2) is 4.79 Å². The van der Waals surface area contributed by atoms with Crippen molar-refractivity contribution in [3.8, 4) is 5.75 Å². The van der Waals surface area contributed by atoms with E-state index in [1.54, 1.807) is 24.1 Å². The number of likely N-dealkylation sites (N-methyl/N-ethyl adjacent to an activating group) is 1. The minimum atomic E-state index is -2.88. The molecule has 0 spiro atoms. The van der Waals surface area contributed by atoms with Gasteiger partial charge in [0.25, 0.3) is 0 Å². The molecule has 0 heterocycles. The highest BCUT2D eigenvalue weighted by Gasteiger charge is 2.18. The summed E-state index contributed by atoms with van der Waals surface area (Å²) >= 11 is 0. The Kier molecular flexibility index (Phi) is 7.12. The lowest BCUT2D eigenvalue weighted by atomic mass is 10.2. The molecule has 8 heteroatoms. The first-order valence-electron chi connectivity index (χ1n) is 8.25. The zero-order valence-electron chi connectivity index (χ0n) is 14.1. The van der Waals surface area contributed by atoms with Crippen LogP contribution >= 0.6 is 0 Å². The van der Waals surface area contributed by atoms with Gasteiger partial charge >= 0.3 is 12.6 Å². The smallest absolute Gasteiger partial charge is 0.387 e. The molecule has 1 saturated carbocycles. The van der Waals surface area contributed by atoms with Gasteiger partial charge in [-0.05, 0) is 37.6 Å². The molecule has 0 bridgehead atoms. The van der Waals surface area contributed by atoms with Gasteiger partial charge in [-0.1, -0.05) is 25.0 Å². The van der Waals surface area contributed by atoms with Crippen LogP contribution in [0.25, 0.3) is 0 Å². The van der Waals surface area contributed by atoms with Crippen molar-refractivity contribution < 1.29 is 23.1 Å². The molecule has 2 N–H and O–H groups in total. The van der Waals surface area contributed by atoms with Gasteiger partial charge in [0, 0.05) is 12.6 Å². The summed E-state index contributed by atoms with van der Waals surface area (Å²) in [4.78, 5) is 25.3. The van der Waals surface area contributed by atoms with E-state index in [-0.39, 0.29) is 18.3 Å². The second-order valence-electron chi connectivity index (χ2n) is 6.20. The van der Waals surface area contributed by atoms with Crippen molar-refractivity contribution in [1.29, 1.82) is 0 Å². The van der Waals surface area contributed by atoms with E-state index in [0.717, 1.165) is 31.2 Å². The van der Waals surface area contributed by atoms with E-state index in [0.29, 0.717) is 6.54 Å². The number of urea groups is 1. The standard InChI is InChI=1S/C17H23F2N3O3/c1-22(10-12-5-4-8-14(9-12)25-16(18)19)11-15(23)21-17(24)20-13-6-2-3-7-13/h4-5,8-9,13,16H,2-3,6-7,10-11H2,1H3,(H2,20,21,23,24). The van der Waals surface area contributed by atoms with Crippen LogP contribution in [-0.2, 0) is 11.3 Å². The third-order valence-electron chi connectivity index (χ3n) is 3.93. The van der Waals surface area contributed by atoms with Gasteiger partial charge in [0.05, 0.1) is 6.54 Å². The molecule has 0 unspecified atom stereocenters. The molecular formula is C17H23F2N3O3. The first-order chi connectivity index (χ1) is 11.9. The van der Waals surface area contributed by atoms with Crippen LogP contribution in [0.1, 0.15) is 31.2 Å². The molecule has 0 radical (unpaired) electrons. The van der Waals surface area contributed by atoms with E-state index < -0.39 is 18.5 Å². The molecular weight excluding hydrogens is 332 g/mol. The summed E-state index contributed by atoms with van der Waals surface area (Å²) < 4.78 is 28.8. The summed E-state index contributed by atoms with van der Waals surface area (Å²) in [6, 6.07) is 5.96. The monoisotopic (exact) mass is 355 g/mol. The number of carbonyl (C=O) groups is 2. The predicted molar refractivity (Wildman–Crippen MR) is 88.3 cm³/mol. The van der Waals surface area contributed by atoms with Crippen LogP contribution in [0.4, 0.5) is 13.6 Å². The molecule has 138 valence electrons. The summed E-state index contributed by atoms with van der Waals surface area (Å²) in [5, 5.41) is 5.09. The number of benzene rings is 1. The van der Waals surface area contributed by atoms with Gasteiger partial charge in [-0.3, -0.25) is 15.0 Å². The average molecular weight is 355 g/mol. The third-order valence-corrected chi connectivity index (χ3v) is 3.93. The third kappa shape index (κ3) is 7.04. The van der Waals surface area contributed by atoms with Crippen LogP contribution in [0.5, 0.6) is 5.75 Å². The van der Waals surface area contributed by atoms with Crippen molar-refractivity contribution >= 4 is 11.9 Å². The maximum absolute atomic E-state index is 12.2. The SMILES string of the molecule is CN(CC(=O)NC(=O)NC1CCCC1)Cc1cccc(OC(F)F)c1. The number of nitrogens with one attached hydrogen (secondary N) is 2. The number of hydrogen-bond acceptors (Lipinski definition) is 4. The molecule has 6 nitrogen and oxygen atoms in total. The summed E-state index contributed by atoms with van der Waals surface area (Å²) in [5.41, 5.74) is 0.726. The normalized spacial score (nSPS) is 14.8. The van der Waals surface area contributed by atoms with E-state index >= 15 is 0 Å². The Morgan fingerprint density at radius 3 is 2.72 bits per heavy atom. The van der Waals surface area contributed by atoms with Gasteiger partial charge in [0.1, 0.15) is 5.75 Å². The van der Waals surface area contributed by atoms with Crippen LogP contribution in [-0.4, -0.2) is 43.1 Å². The van der Waals surface area contributed by atoms with Crippen molar-refractivity contribution in [2.45, 2.75) is 44.9 Å². The Morgan fingerprint density at radius 1 is 1.32 bits per heavy atom. The van der Waals surface area contributed by atoms with Crippen molar-refractivity contribution in [2.24, 2.45) is 0 Å². The molecule has 0 aliphatic heterocycles. The van der Waals surface area contributed by atoms with E-state index in [2.05, 4.69) is 15.4 Å². The topological polar surface area (TPSA) is 70.7 Å². The largest absolute Gasteiger partial charge is 0.435 e. The first kappa shape index (κ1) is 19.1. The fourth-order valence-corrected chi connectivity index (χ4v) is 2.89. The highest BCUT2D eigenvalue weighted by Crippen LogP contribution is 2.18. The van der Waals surface area contributed by atoms with Gasteiger partial charge in [0.2, 0.25) is 5.91 Å². The molecule has 1 aromatic rings. The zero-order valence-corrected chi connectivity index (χ0v) is 14.1. The maximum Gasteiger partial charge on any atom is 0.387 e. The summed E-state index contributed by atoms with van der Waals surface area (Å²) in [5.74, 6) is -0.348. The fraction of sp³-hybridized carbons (Fsp3) is 0.529. The number of ether oxygens (including phenoxy) is 1. The van der Waals surface area contributed by atoms with E-state index in [9.17, 15) is 18.4 Å². The molecule has 25 heavy (non-hydrogen) atoms. The minimum absolute atomic E-state index is 0.0119. The fourth-order valence-electron chi connectivity index (χ4n) is 2.89. The molecule has 3 amide bonds. The Hall–Kier alpha value is -2.22. The lowest BCUT2D eigenvalue weighted by Gasteiger charge is -2.17. The number of hydrogen-bond donors (Lipinski definition) is 2. The van der Waals surface area contributed by atoms with Crippen LogP contribution in [0.3, 0.4) is 0 Å². The molecule has 1 fully saturated rings. The zero-order chi connectivity index (χ0) is 18.2. The number of amides is 3. The summed E-state index contributed by atoms with van der Waals surface area (Å²) in [6.45, 7) is -2.51. The highest BCUT2D eigenvalue weighted by atomic mass is 19.3. The average Bonchev–Trinajstić information content (AvgIpc) is 2.98. The molecule has 2 rings (SSSR count). The molecule has 0 aromatic heterocycles. The van der Waals surface area contributed by atoms with Crippen molar-refractivity contribution in [1.82, 2.24) is 15.5 Å². The first-order valence-corrected chi connectivity index (χ1v) is 8.25. The molecule has 0 atom stereocenters. The Morgan fingerprint density at radius 2 is 2.04 bits per heavy atom. The maximum atomic E-state index is 12.2. The lowest BCUT2D eigenvalue weighted by Crippen LogP contribution is -2.46. The van der Waals surface area contributed by atoms with Crippen molar-refractivity contribution in [2.75, 3.05) is 13.6 Å². The van der Waals surface area contributed by atoms with Crippen LogP contribution in [0, 0.1) is 0 Å². The predicted octanol–water partition coefficient (Wildman–Crippen LogP) is 2.49. The van der Waals surface area contributed by atoms with Gasteiger partial charge in [-0.15, -0.1) is 0 Å². The van der Waals surface area contributed by atoms with Crippen molar-refractivity contribution in [3.05, 3.63) is 29.8 Å². The Balaban J connectivity index is 1.76. The number of carbonyl (C=O) groups excluding carboxylic acids is 2. The number of rotatable bonds is 7. The van der Waals surface area contributed by atoms with Gasteiger partial charge in [0.15, 0.2) is 0 Å². The second-order valence-corrected chi connectivity index (χ2v) is 6.20. The number of alkyl halides is 2. The van der Waals surface area contributed by atoms with Crippen LogP contribution in [0.2, 0.25) is 0 Å². The number of halogens is 2. The van der Waals surface area contributed by atoms with Gasteiger partial charge < -0.3 is 10.1 Å². The van der Waals surface area contributed by atoms with E-state index in [1.807, 2.05) is 0 Å². The quantitative estimate of drug-likeness (QED) is 0.788. The minimum Gasteiger partial charge on any atom is -0.435 e. The number of nitrogens with zero attached hydrogens (tertiary/aromatic N) is 1. The van der Waals surface area contributed by atoms with E-state index in [1.165, 1.54) is 12.1 Å². The molecule has 0 saturated heterocycles. The molecule has 1 aliphatic carbocycles. The second kappa shape index (κ2) is 9.31.